The molecule has 0 aliphatic carbocycles. The summed E-state index contributed by atoms with van der Waals surface area (Å²) < 4.78 is 12.0. The zero-order valence-corrected chi connectivity index (χ0v) is 30.8. The van der Waals surface area contributed by atoms with Gasteiger partial charge in [-0.15, -0.1) is 0 Å². The van der Waals surface area contributed by atoms with Crippen LogP contribution in [0.15, 0.2) is 133 Å². The molecule has 0 spiro atoms. The van der Waals surface area contributed by atoms with Gasteiger partial charge in [0.2, 0.25) is 11.8 Å². The first kappa shape index (κ1) is 38.4. The Morgan fingerprint density at radius 1 is 0.593 bits per heavy atom. The van der Waals surface area contributed by atoms with E-state index < -0.39 is 18.5 Å². The molecule has 0 radical (unpaired) electrons. The van der Waals surface area contributed by atoms with Crippen LogP contribution in [0.2, 0.25) is 0 Å². The van der Waals surface area contributed by atoms with Gasteiger partial charge in [-0.25, -0.2) is 4.79 Å². The smallest absolute Gasteiger partial charge is 0.319 e. The van der Waals surface area contributed by atoms with Gasteiger partial charge < -0.3 is 34.8 Å². The molecule has 0 bridgehead atoms. The fourth-order valence-corrected chi connectivity index (χ4v) is 5.34. The Hall–Kier alpha value is -6.82. The highest BCUT2D eigenvalue weighted by Crippen LogP contribution is 2.29. The summed E-state index contributed by atoms with van der Waals surface area (Å²) in [5, 5.41) is 5.34. The lowest BCUT2D eigenvalue weighted by molar-refractivity contribution is -0.121. The lowest BCUT2D eigenvalue weighted by Crippen LogP contribution is -2.46. The van der Waals surface area contributed by atoms with Gasteiger partial charge in [-0.05, 0) is 60.2 Å². The minimum Gasteiger partial charge on any atom is -0.489 e. The molecule has 5 rings (SSSR count). The highest BCUT2D eigenvalue weighted by Gasteiger charge is 2.25. The van der Waals surface area contributed by atoms with E-state index in [2.05, 4.69) is 10.6 Å². The van der Waals surface area contributed by atoms with Crippen molar-refractivity contribution in [1.82, 2.24) is 5.32 Å². The summed E-state index contributed by atoms with van der Waals surface area (Å²) in [5.74, 6) is -0.522. The number of likely N-dealkylation sites (N-methyl/N-ethyl adjacent to an activating group) is 2. The van der Waals surface area contributed by atoms with Crippen LogP contribution in [-0.2, 0) is 21.0 Å². The Morgan fingerprint density at radius 2 is 1.22 bits per heavy atom. The van der Waals surface area contributed by atoms with Crippen molar-refractivity contribution in [1.29, 1.82) is 0 Å². The van der Waals surface area contributed by atoms with Gasteiger partial charge in [-0.1, -0.05) is 72.8 Å². The number of ether oxygens (including phenoxy) is 2. The lowest BCUT2D eigenvalue weighted by atomic mass is 10.2. The third kappa shape index (κ3) is 10.6. The minimum absolute atomic E-state index is 0.202. The number of urea groups is 1. The second kappa shape index (κ2) is 18.6. The molecule has 54 heavy (non-hydrogen) atoms. The van der Waals surface area contributed by atoms with Crippen molar-refractivity contribution in [3.8, 4) is 11.5 Å². The molecule has 12 nitrogen and oxygen atoms in total. The largest absolute Gasteiger partial charge is 0.489 e. The second-order valence-corrected chi connectivity index (χ2v) is 12.5. The zero-order chi connectivity index (χ0) is 38.5. The van der Waals surface area contributed by atoms with Crippen molar-refractivity contribution in [2.75, 3.05) is 72.8 Å². The van der Waals surface area contributed by atoms with E-state index in [-0.39, 0.29) is 36.4 Å². The number of amides is 5. The van der Waals surface area contributed by atoms with E-state index in [1.165, 1.54) is 14.7 Å². The second-order valence-electron chi connectivity index (χ2n) is 12.5. The summed E-state index contributed by atoms with van der Waals surface area (Å²) in [6.45, 7) is -0.788. The molecular formula is C42H44N6O6. The summed E-state index contributed by atoms with van der Waals surface area (Å²) in [5.41, 5.74) is 3.95. The van der Waals surface area contributed by atoms with Crippen LogP contribution in [0, 0.1) is 0 Å². The van der Waals surface area contributed by atoms with Crippen LogP contribution in [0.1, 0.15) is 5.56 Å². The van der Waals surface area contributed by atoms with E-state index in [4.69, 9.17) is 9.47 Å². The monoisotopic (exact) mass is 728 g/mol. The van der Waals surface area contributed by atoms with Gasteiger partial charge in [0.25, 0.3) is 5.91 Å². The maximum Gasteiger partial charge on any atom is 0.319 e. The van der Waals surface area contributed by atoms with E-state index >= 15 is 0 Å². The number of para-hydroxylation sites is 3. The number of hydrogen-bond acceptors (Lipinski definition) is 7. The summed E-state index contributed by atoms with van der Waals surface area (Å²) in [6, 6.07) is 39.3. The minimum atomic E-state index is -0.598. The van der Waals surface area contributed by atoms with Crippen LogP contribution in [0.3, 0.4) is 0 Å². The summed E-state index contributed by atoms with van der Waals surface area (Å²) in [4.78, 5) is 59.8. The van der Waals surface area contributed by atoms with Gasteiger partial charge in [-0.2, -0.15) is 0 Å². The Morgan fingerprint density at radius 3 is 1.96 bits per heavy atom. The van der Waals surface area contributed by atoms with Gasteiger partial charge in [-0.3, -0.25) is 19.3 Å². The van der Waals surface area contributed by atoms with Crippen molar-refractivity contribution < 1.29 is 28.7 Å². The molecule has 0 saturated carbocycles. The fraction of sp³-hybridized carbons (Fsp3) is 0.190. The van der Waals surface area contributed by atoms with E-state index in [0.29, 0.717) is 29.4 Å². The third-order valence-electron chi connectivity index (χ3n) is 8.47. The van der Waals surface area contributed by atoms with Crippen LogP contribution in [0.25, 0.3) is 0 Å². The third-order valence-corrected chi connectivity index (χ3v) is 8.47. The first-order chi connectivity index (χ1) is 26.1. The molecule has 278 valence electrons. The molecule has 5 aromatic rings. The summed E-state index contributed by atoms with van der Waals surface area (Å²) >= 11 is 0. The maximum atomic E-state index is 13.9. The van der Waals surface area contributed by atoms with Crippen LogP contribution in [0.4, 0.5) is 33.2 Å². The van der Waals surface area contributed by atoms with Crippen molar-refractivity contribution >= 4 is 52.2 Å². The van der Waals surface area contributed by atoms with E-state index in [1.807, 2.05) is 85.7 Å². The highest BCUT2D eigenvalue weighted by atomic mass is 16.5. The van der Waals surface area contributed by atoms with Crippen molar-refractivity contribution in [2.45, 2.75) is 6.61 Å². The molecule has 0 heterocycles. The van der Waals surface area contributed by atoms with Crippen LogP contribution in [-0.4, -0.2) is 71.6 Å². The number of nitrogens with one attached hydrogen (secondary N) is 2. The number of anilines is 5. The first-order valence-electron chi connectivity index (χ1n) is 17.3. The van der Waals surface area contributed by atoms with E-state index in [0.717, 1.165) is 11.3 Å². The zero-order valence-electron chi connectivity index (χ0n) is 30.8. The molecule has 5 amide bonds. The Bertz CT molecular complexity index is 2040. The first-order valence-corrected chi connectivity index (χ1v) is 17.3. The van der Waals surface area contributed by atoms with Gasteiger partial charge >= 0.3 is 6.03 Å². The summed E-state index contributed by atoms with van der Waals surface area (Å²) in [6.07, 6.45) is 0. The predicted octanol–water partition coefficient (Wildman–Crippen LogP) is 6.19. The fourth-order valence-electron chi connectivity index (χ4n) is 5.34. The number of hydrogen-bond donors (Lipinski definition) is 2. The van der Waals surface area contributed by atoms with Crippen LogP contribution < -0.4 is 39.7 Å². The van der Waals surface area contributed by atoms with Crippen LogP contribution >= 0.6 is 0 Å². The van der Waals surface area contributed by atoms with Crippen molar-refractivity contribution in [3.05, 3.63) is 139 Å². The number of rotatable bonds is 15. The van der Waals surface area contributed by atoms with Gasteiger partial charge in [0.15, 0.2) is 6.61 Å². The van der Waals surface area contributed by atoms with E-state index in [9.17, 15) is 19.2 Å². The molecule has 0 aliphatic rings. The van der Waals surface area contributed by atoms with Gasteiger partial charge in [0, 0.05) is 57.0 Å². The SMILES string of the molecule is CN(C)c1cccc(NC(=O)NCC(=O)N(CC(=O)N(C)c2ccccc2)c2ccccc2OCC(=O)N(C)c2cccc(OCc3ccccc3)c2)c1. The molecule has 12 heteroatoms. The molecule has 0 unspecified atom stereocenters. The molecule has 5 aromatic carbocycles. The summed E-state index contributed by atoms with van der Waals surface area (Å²) in [7, 11) is 7.03. The normalized spacial score (nSPS) is 10.4. The molecule has 0 aliphatic heterocycles. The molecule has 0 fully saturated rings. The molecular weight excluding hydrogens is 684 g/mol. The average molecular weight is 729 g/mol. The topological polar surface area (TPSA) is 124 Å². The Kier molecular flexibility index (Phi) is 13.2. The van der Waals surface area contributed by atoms with Crippen molar-refractivity contribution in [2.24, 2.45) is 0 Å². The number of benzene rings is 5. The number of nitrogens with zero attached hydrogens (tertiary/aromatic N) is 4. The molecule has 0 atom stereocenters. The molecule has 0 aromatic heterocycles. The Balaban J connectivity index is 1.29. The predicted molar refractivity (Wildman–Crippen MR) is 213 cm³/mol. The van der Waals surface area contributed by atoms with Gasteiger partial charge in [0.05, 0.1) is 12.2 Å². The molecule has 0 saturated heterocycles. The van der Waals surface area contributed by atoms with Gasteiger partial charge in [0.1, 0.15) is 24.7 Å². The van der Waals surface area contributed by atoms with E-state index in [1.54, 1.807) is 80.8 Å². The van der Waals surface area contributed by atoms with Crippen molar-refractivity contribution in [3.63, 3.8) is 0 Å². The standard InChI is InChI=1S/C42H44N6O6/c1-45(2)34-20-13-17-32(25-34)44-42(52)43-27-39(49)48(28-40(50)46(3)33-18-9-6-10-19-33)37-23-11-12-24-38(37)54-30-41(51)47(4)35-21-14-22-36(26-35)53-29-31-15-7-5-8-16-31/h5-26H,27-30H2,1-4H3,(H2,43,44,52). The molecule has 2 N–H and O–H groups in total. The van der Waals surface area contributed by atoms with Crippen LogP contribution in [0.5, 0.6) is 11.5 Å². The average Bonchev–Trinajstić information content (AvgIpc) is 3.20. The maximum absolute atomic E-state index is 13.9. The quantitative estimate of drug-likeness (QED) is 0.132. The number of carbonyl (C=O) groups is 4. The highest BCUT2D eigenvalue weighted by molar-refractivity contribution is 6.06. The Labute approximate surface area is 315 Å². The number of carbonyl (C=O) groups excluding carboxylic acids is 4. The lowest BCUT2D eigenvalue weighted by Gasteiger charge is -2.27.